The van der Waals surface area contributed by atoms with E-state index in [1.165, 1.54) is 12.8 Å². The van der Waals surface area contributed by atoms with Crippen molar-refractivity contribution in [2.75, 3.05) is 11.4 Å². The largest absolute Gasteiger partial charge is 0.478 e. The van der Waals surface area contributed by atoms with Gasteiger partial charge < -0.3 is 10.0 Å². The minimum atomic E-state index is -0.940. The molecular weight excluding hydrogens is 252 g/mol. The number of anilines is 1. The fourth-order valence-corrected chi connectivity index (χ4v) is 2.27. The van der Waals surface area contributed by atoms with Crippen molar-refractivity contribution in [3.05, 3.63) is 29.5 Å². The van der Waals surface area contributed by atoms with Crippen LogP contribution >= 0.6 is 0 Å². The lowest BCUT2D eigenvalue weighted by Gasteiger charge is -2.29. The van der Waals surface area contributed by atoms with Gasteiger partial charge in [-0.25, -0.2) is 9.78 Å². The number of hydrogen-bond donors (Lipinski definition) is 1. The number of carboxylic acid groups (broad SMARTS) is 1. The highest BCUT2D eigenvalue weighted by Crippen LogP contribution is 2.32. The van der Waals surface area contributed by atoms with Gasteiger partial charge in [-0.05, 0) is 62.8 Å². The van der Waals surface area contributed by atoms with E-state index in [4.69, 9.17) is 5.11 Å². The normalized spacial score (nSPS) is 15.0. The average molecular weight is 274 g/mol. The summed E-state index contributed by atoms with van der Waals surface area (Å²) in [7, 11) is 0. The number of carboxylic acids is 1. The van der Waals surface area contributed by atoms with Crippen molar-refractivity contribution in [3.63, 3.8) is 0 Å². The van der Waals surface area contributed by atoms with E-state index in [1.807, 2.05) is 13.0 Å². The van der Waals surface area contributed by atoms with Crippen LogP contribution in [-0.2, 0) is 4.79 Å². The molecule has 1 aliphatic carbocycles. The van der Waals surface area contributed by atoms with E-state index in [2.05, 4.69) is 23.7 Å². The molecule has 4 nitrogen and oxygen atoms in total. The third kappa shape index (κ3) is 3.83. The Bertz CT molecular complexity index is 519. The van der Waals surface area contributed by atoms with E-state index in [-0.39, 0.29) is 0 Å². The van der Waals surface area contributed by atoms with Gasteiger partial charge in [0, 0.05) is 24.9 Å². The summed E-state index contributed by atoms with van der Waals surface area (Å²) in [6.07, 6.45) is 7.10. The third-order valence-electron chi connectivity index (χ3n) is 3.54. The number of pyridine rings is 1. The van der Waals surface area contributed by atoms with Crippen LogP contribution in [-0.4, -0.2) is 28.6 Å². The number of aromatic nitrogens is 1. The van der Waals surface area contributed by atoms with Gasteiger partial charge in [-0.15, -0.1) is 0 Å². The number of rotatable bonds is 6. The molecule has 0 unspecified atom stereocenters. The summed E-state index contributed by atoms with van der Waals surface area (Å²) in [5, 5.41) is 8.65. The van der Waals surface area contributed by atoms with Gasteiger partial charge in [0.1, 0.15) is 5.82 Å². The molecule has 4 heteroatoms. The van der Waals surface area contributed by atoms with Crippen molar-refractivity contribution in [1.82, 2.24) is 4.98 Å². The lowest BCUT2D eigenvalue weighted by Crippen LogP contribution is -2.34. The smallest absolute Gasteiger partial charge is 0.328 e. The van der Waals surface area contributed by atoms with Crippen molar-refractivity contribution >= 4 is 17.9 Å². The predicted octanol–water partition coefficient (Wildman–Crippen LogP) is 3.11. The Morgan fingerprint density at radius 1 is 1.55 bits per heavy atom. The van der Waals surface area contributed by atoms with Crippen LogP contribution in [0.15, 0.2) is 18.3 Å². The minimum absolute atomic E-state index is 0.419. The fourth-order valence-electron chi connectivity index (χ4n) is 2.27. The zero-order valence-electron chi connectivity index (χ0n) is 12.3. The van der Waals surface area contributed by atoms with Crippen LogP contribution in [0.5, 0.6) is 0 Å². The summed E-state index contributed by atoms with van der Waals surface area (Å²) >= 11 is 0. The molecule has 108 valence electrons. The van der Waals surface area contributed by atoms with Gasteiger partial charge in [0.2, 0.25) is 0 Å². The Balaban J connectivity index is 2.20. The lowest BCUT2D eigenvalue weighted by atomic mass is 10.1. The van der Waals surface area contributed by atoms with E-state index in [9.17, 15) is 4.79 Å². The van der Waals surface area contributed by atoms with Crippen molar-refractivity contribution in [2.24, 2.45) is 5.92 Å². The molecule has 0 amide bonds. The summed E-state index contributed by atoms with van der Waals surface area (Å²) in [5.41, 5.74) is 1.91. The maximum atomic E-state index is 10.5. The molecule has 1 aromatic heterocycles. The number of nitrogens with zero attached hydrogens (tertiary/aromatic N) is 2. The first-order valence-electron chi connectivity index (χ1n) is 7.11. The van der Waals surface area contributed by atoms with Gasteiger partial charge in [0.25, 0.3) is 0 Å². The maximum Gasteiger partial charge on any atom is 0.328 e. The fraction of sp³-hybridized carbons (Fsp3) is 0.500. The average Bonchev–Trinajstić information content (AvgIpc) is 3.18. The Kier molecular flexibility index (Phi) is 4.42. The second-order valence-corrected chi connectivity index (χ2v) is 5.77. The van der Waals surface area contributed by atoms with Crippen molar-refractivity contribution in [3.8, 4) is 0 Å². The summed E-state index contributed by atoms with van der Waals surface area (Å²) in [6, 6.07) is 2.41. The van der Waals surface area contributed by atoms with Crippen LogP contribution in [0.2, 0.25) is 0 Å². The molecule has 20 heavy (non-hydrogen) atoms. The molecule has 0 aromatic carbocycles. The van der Waals surface area contributed by atoms with E-state index < -0.39 is 5.97 Å². The Morgan fingerprint density at radius 3 is 2.75 bits per heavy atom. The van der Waals surface area contributed by atoms with E-state index in [1.54, 1.807) is 12.3 Å². The molecule has 0 radical (unpaired) electrons. The molecule has 0 aliphatic heterocycles. The first kappa shape index (κ1) is 14.6. The quantitative estimate of drug-likeness (QED) is 0.810. The van der Waals surface area contributed by atoms with Gasteiger partial charge in [0.15, 0.2) is 0 Å². The molecule has 1 aromatic rings. The maximum absolute atomic E-state index is 10.5. The lowest BCUT2D eigenvalue weighted by molar-refractivity contribution is -0.131. The van der Waals surface area contributed by atoms with Crippen LogP contribution in [0.3, 0.4) is 0 Å². The molecule has 0 atom stereocenters. The number of aryl methyl sites for hydroxylation is 1. The summed E-state index contributed by atoms with van der Waals surface area (Å²) in [4.78, 5) is 17.4. The first-order valence-corrected chi connectivity index (χ1v) is 7.11. The van der Waals surface area contributed by atoms with Crippen LogP contribution in [0.1, 0.15) is 37.8 Å². The highest BCUT2D eigenvalue weighted by molar-refractivity contribution is 5.85. The van der Waals surface area contributed by atoms with Crippen molar-refractivity contribution in [2.45, 2.75) is 39.7 Å². The molecule has 0 bridgehead atoms. The zero-order chi connectivity index (χ0) is 14.7. The van der Waals surface area contributed by atoms with Crippen molar-refractivity contribution < 1.29 is 9.90 Å². The standard InChI is InChI=1S/C16H22N2O2/c1-11(2)18(10-13-4-5-13)16-12(3)8-14(9-17-16)6-7-15(19)20/h6-9,11,13H,4-5,10H2,1-3H3,(H,19,20)/b7-6+. The predicted molar refractivity (Wildman–Crippen MR) is 80.8 cm³/mol. The molecule has 2 rings (SSSR count). The molecule has 0 saturated heterocycles. The summed E-state index contributed by atoms with van der Waals surface area (Å²) < 4.78 is 0. The molecule has 1 N–H and O–H groups in total. The van der Waals surface area contributed by atoms with Gasteiger partial charge in [0.05, 0.1) is 0 Å². The third-order valence-corrected chi connectivity index (χ3v) is 3.54. The van der Waals surface area contributed by atoms with Crippen LogP contribution < -0.4 is 4.90 Å². The van der Waals surface area contributed by atoms with E-state index in [0.717, 1.165) is 35.5 Å². The van der Waals surface area contributed by atoms with Gasteiger partial charge in [-0.2, -0.15) is 0 Å². The highest BCUT2D eigenvalue weighted by Gasteiger charge is 2.26. The van der Waals surface area contributed by atoms with Crippen LogP contribution in [0.25, 0.3) is 6.08 Å². The van der Waals surface area contributed by atoms with Gasteiger partial charge in [-0.1, -0.05) is 0 Å². The zero-order valence-corrected chi connectivity index (χ0v) is 12.3. The molecule has 1 aliphatic rings. The van der Waals surface area contributed by atoms with Crippen LogP contribution in [0, 0.1) is 12.8 Å². The molecule has 1 heterocycles. The first-order chi connectivity index (χ1) is 9.47. The monoisotopic (exact) mass is 274 g/mol. The Labute approximate surface area is 120 Å². The van der Waals surface area contributed by atoms with Gasteiger partial charge in [-0.3, -0.25) is 0 Å². The highest BCUT2D eigenvalue weighted by atomic mass is 16.4. The Hall–Kier alpha value is -1.84. The second kappa shape index (κ2) is 6.07. The van der Waals surface area contributed by atoms with Crippen LogP contribution in [0.4, 0.5) is 5.82 Å². The summed E-state index contributed by atoms with van der Waals surface area (Å²) in [6.45, 7) is 7.46. The van der Waals surface area contributed by atoms with Gasteiger partial charge >= 0.3 is 5.97 Å². The number of aliphatic carboxylic acids is 1. The minimum Gasteiger partial charge on any atom is -0.478 e. The Morgan fingerprint density at radius 2 is 2.25 bits per heavy atom. The number of hydrogen-bond acceptors (Lipinski definition) is 3. The summed E-state index contributed by atoms with van der Waals surface area (Å²) in [5.74, 6) is 0.883. The SMILES string of the molecule is Cc1cc(/C=C/C(=O)O)cnc1N(CC1CC1)C(C)C. The molecule has 0 spiro atoms. The topological polar surface area (TPSA) is 53.4 Å². The number of carbonyl (C=O) groups is 1. The van der Waals surface area contributed by atoms with E-state index in [0.29, 0.717) is 6.04 Å². The second-order valence-electron chi connectivity index (χ2n) is 5.77. The molecule has 1 fully saturated rings. The van der Waals surface area contributed by atoms with Crippen molar-refractivity contribution in [1.29, 1.82) is 0 Å². The molecular formula is C16H22N2O2. The molecule has 1 saturated carbocycles. The van der Waals surface area contributed by atoms with E-state index >= 15 is 0 Å².